The van der Waals surface area contributed by atoms with Crippen molar-refractivity contribution in [1.82, 2.24) is 0 Å². The van der Waals surface area contributed by atoms with Gasteiger partial charge in [-0.05, 0) is 40.5 Å². The Morgan fingerprint density at radius 3 is 2.20 bits per heavy atom. The van der Waals surface area contributed by atoms with Crippen LogP contribution in [0.15, 0.2) is 34.8 Å². The molecule has 0 heterocycles. The molecule has 6 heteroatoms. The maximum atomic E-state index is 13.5. The van der Waals surface area contributed by atoms with E-state index in [-0.39, 0.29) is 10.2 Å². The normalized spacial score (nSPS) is 12.3. The van der Waals surface area contributed by atoms with E-state index >= 15 is 0 Å². The van der Waals surface area contributed by atoms with Gasteiger partial charge in [0.15, 0.2) is 11.6 Å². The van der Waals surface area contributed by atoms with Crippen LogP contribution in [-0.4, -0.2) is 0 Å². The summed E-state index contributed by atoms with van der Waals surface area (Å²) in [5.74, 6) is -3.69. The van der Waals surface area contributed by atoms with E-state index in [9.17, 15) is 17.6 Å². The van der Waals surface area contributed by atoms with E-state index in [1.165, 1.54) is 18.2 Å². The number of hydrogen-bond acceptors (Lipinski definition) is 1. The van der Waals surface area contributed by atoms with Gasteiger partial charge in [-0.2, -0.15) is 0 Å². The van der Waals surface area contributed by atoms with Crippen molar-refractivity contribution in [1.29, 1.82) is 0 Å². The van der Waals surface area contributed by atoms with Gasteiger partial charge in [0, 0.05) is 18.2 Å². The third-order valence-electron chi connectivity index (χ3n) is 2.83. The average Bonchev–Trinajstić information content (AvgIpc) is 2.39. The molecule has 0 saturated heterocycles. The zero-order chi connectivity index (χ0) is 14.9. The number of anilines is 1. The van der Waals surface area contributed by atoms with E-state index < -0.39 is 29.3 Å². The van der Waals surface area contributed by atoms with Crippen molar-refractivity contribution in [3.05, 3.63) is 63.6 Å². The summed E-state index contributed by atoms with van der Waals surface area (Å²) >= 11 is 3.05. The molecule has 106 valence electrons. The Morgan fingerprint density at radius 1 is 0.900 bits per heavy atom. The van der Waals surface area contributed by atoms with Crippen LogP contribution >= 0.6 is 15.9 Å². The molecule has 0 aliphatic heterocycles. The second-order valence-corrected chi connectivity index (χ2v) is 5.14. The van der Waals surface area contributed by atoms with Crippen molar-refractivity contribution in [3.8, 4) is 0 Å². The van der Waals surface area contributed by atoms with Crippen molar-refractivity contribution in [3.63, 3.8) is 0 Å². The molecule has 1 atom stereocenters. The largest absolute Gasteiger partial charge is 0.376 e. The molecule has 2 aromatic rings. The van der Waals surface area contributed by atoms with Gasteiger partial charge in [-0.25, -0.2) is 17.6 Å². The number of halogens is 5. The minimum atomic E-state index is -1.25. The quantitative estimate of drug-likeness (QED) is 0.595. The van der Waals surface area contributed by atoms with Crippen LogP contribution in [0.3, 0.4) is 0 Å². The Hall–Kier alpha value is -1.56. The zero-order valence-corrected chi connectivity index (χ0v) is 11.9. The lowest BCUT2D eigenvalue weighted by Gasteiger charge is -2.17. The summed E-state index contributed by atoms with van der Waals surface area (Å²) in [6.07, 6.45) is 0. The van der Waals surface area contributed by atoms with E-state index in [1.54, 1.807) is 6.92 Å². The highest BCUT2D eigenvalue weighted by molar-refractivity contribution is 9.10. The second kappa shape index (κ2) is 5.83. The summed E-state index contributed by atoms with van der Waals surface area (Å²) in [6, 6.07) is 5.13. The highest BCUT2D eigenvalue weighted by Gasteiger charge is 2.13. The molecular weight excluding hydrogens is 338 g/mol. The van der Waals surface area contributed by atoms with Gasteiger partial charge in [-0.1, -0.05) is 6.07 Å². The molecule has 2 rings (SSSR count). The SMILES string of the molecule is CC(Nc1cc(F)c(F)cc1F)c1ccc(F)c(Br)c1. The van der Waals surface area contributed by atoms with Crippen LogP contribution < -0.4 is 5.32 Å². The highest BCUT2D eigenvalue weighted by atomic mass is 79.9. The summed E-state index contributed by atoms with van der Waals surface area (Å²) in [4.78, 5) is 0. The molecule has 2 aromatic carbocycles. The molecule has 1 unspecified atom stereocenters. The van der Waals surface area contributed by atoms with Crippen molar-refractivity contribution in [2.24, 2.45) is 0 Å². The number of hydrogen-bond donors (Lipinski definition) is 1. The molecule has 0 spiro atoms. The lowest BCUT2D eigenvalue weighted by Crippen LogP contribution is -2.09. The molecule has 0 radical (unpaired) electrons. The maximum absolute atomic E-state index is 13.5. The van der Waals surface area contributed by atoms with Crippen molar-refractivity contribution in [2.75, 3.05) is 5.32 Å². The molecule has 0 saturated carbocycles. The minimum Gasteiger partial charge on any atom is -0.376 e. The fourth-order valence-electron chi connectivity index (χ4n) is 1.73. The topological polar surface area (TPSA) is 12.0 Å². The van der Waals surface area contributed by atoms with Crippen LogP contribution in [0.25, 0.3) is 0 Å². The second-order valence-electron chi connectivity index (χ2n) is 4.29. The summed E-state index contributed by atoms with van der Waals surface area (Å²) in [6.45, 7) is 1.69. The molecule has 1 N–H and O–H groups in total. The molecule has 0 aliphatic rings. The first-order chi connectivity index (χ1) is 9.38. The third kappa shape index (κ3) is 3.12. The fraction of sp³-hybridized carbons (Fsp3) is 0.143. The molecule has 1 nitrogen and oxygen atoms in total. The molecule has 0 aliphatic carbocycles. The summed E-state index contributed by atoms with van der Waals surface area (Å²) in [5, 5.41) is 2.72. The van der Waals surface area contributed by atoms with Crippen LogP contribution in [0.1, 0.15) is 18.5 Å². The molecule has 0 fully saturated rings. The van der Waals surface area contributed by atoms with E-state index in [4.69, 9.17) is 0 Å². The molecule has 0 bridgehead atoms. The van der Waals surface area contributed by atoms with Crippen molar-refractivity contribution < 1.29 is 17.6 Å². The maximum Gasteiger partial charge on any atom is 0.161 e. The van der Waals surface area contributed by atoms with Gasteiger partial charge in [0.05, 0.1) is 10.2 Å². The van der Waals surface area contributed by atoms with Gasteiger partial charge in [0.1, 0.15) is 11.6 Å². The van der Waals surface area contributed by atoms with Crippen LogP contribution in [0.4, 0.5) is 23.2 Å². The van der Waals surface area contributed by atoms with Crippen LogP contribution in [0.5, 0.6) is 0 Å². The van der Waals surface area contributed by atoms with E-state index in [0.29, 0.717) is 11.6 Å². The van der Waals surface area contributed by atoms with Gasteiger partial charge >= 0.3 is 0 Å². The van der Waals surface area contributed by atoms with Crippen LogP contribution in [0, 0.1) is 23.3 Å². The lowest BCUT2D eigenvalue weighted by atomic mass is 10.1. The third-order valence-corrected chi connectivity index (χ3v) is 3.43. The molecule has 20 heavy (non-hydrogen) atoms. The van der Waals surface area contributed by atoms with Gasteiger partial charge in [0.25, 0.3) is 0 Å². The fourth-order valence-corrected chi connectivity index (χ4v) is 2.13. The zero-order valence-electron chi connectivity index (χ0n) is 10.4. The Morgan fingerprint density at radius 2 is 1.55 bits per heavy atom. The monoisotopic (exact) mass is 347 g/mol. The Labute approximate surface area is 121 Å². The van der Waals surface area contributed by atoms with E-state index in [0.717, 1.165) is 6.07 Å². The molecule has 0 amide bonds. The predicted octanol–water partition coefficient (Wildman–Crippen LogP) is 5.18. The average molecular weight is 348 g/mol. The Bertz CT molecular complexity index is 645. The first-order valence-electron chi connectivity index (χ1n) is 5.74. The van der Waals surface area contributed by atoms with Crippen LogP contribution in [0.2, 0.25) is 0 Å². The number of nitrogens with one attached hydrogen (secondary N) is 1. The predicted molar refractivity (Wildman–Crippen MR) is 72.5 cm³/mol. The smallest absolute Gasteiger partial charge is 0.161 e. The van der Waals surface area contributed by atoms with Gasteiger partial charge in [-0.3, -0.25) is 0 Å². The van der Waals surface area contributed by atoms with Crippen molar-refractivity contribution >= 4 is 21.6 Å². The van der Waals surface area contributed by atoms with Gasteiger partial charge in [0.2, 0.25) is 0 Å². The van der Waals surface area contributed by atoms with Crippen molar-refractivity contribution in [2.45, 2.75) is 13.0 Å². The first kappa shape index (κ1) is 14.8. The number of benzene rings is 2. The molecule has 0 aromatic heterocycles. The minimum absolute atomic E-state index is 0.156. The van der Waals surface area contributed by atoms with Crippen LogP contribution in [-0.2, 0) is 0 Å². The van der Waals surface area contributed by atoms with E-state index in [2.05, 4.69) is 21.2 Å². The summed E-state index contributed by atoms with van der Waals surface area (Å²) in [7, 11) is 0. The number of rotatable bonds is 3. The van der Waals surface area contributed by atoms with E-state index in [1.807, 2.05) is 0 Å². The highest BCUT2D eigenvalue weighted by Crippen LogP contribution is 2.26. The summed E-state index contributed by atoms with van der Waals surface area (Å²) in [5.41, 5.74) is 0.513. The Balaban J connectivity index is 2.25. The standard InChI is InChI=1S/C14H10BrF4N/c1-7(8-2-3-10(16)9(15)4-8)20-14-6-12(18)11(17)5-13(14)19/h2-7,20H,1H3. The first-order valence-corrected chi connectivity index (χ1v) is 6.54. The van der Waals surface area contributed by atoms with Gasteiger partial charge < -0.3 is 5.32 Å². The van der Waals surface area contributed by atoms with Gasteiger partial charge in [-0.15, -0.1) is 0 Å². The Kier molecular flexibility index (Phi) is 4.32. The summed E-state index contributed by atoms with van der Waals surface area (Å²) < 4.78 is 52.8. The molecular formula is C14H10BrF4N. The lowest BCUT2D eigenvalue weighted by molar-refractivity contribution is 0.495.